The second kappa shape index (κ2) is 9.39. The van der Waals surface area contributed by atoms with Crippen molar-refractivity contribution in [2.45, 2.75) is 38.1 Å². The number of hydrogen-bond acceptors (Lipinski definition) is 5. The minimum Gasteiger partial charge on any atom is -0.497 e. The summed E-state index contributed by atoms with van der Waals surface area (Å²) in [4.78, 5) is 20.8. The number of nitrogens with zero attached hydrogens (tertiary/aromatic N) is 2. The molecule has 0 bridgehead atoms. The molecule has 2 aliphatic rings. The zero-order valence-corrected chi connectivity index (χ0v) is 18.2. The van der Waals surface area contributed by atoms with Gasteiger partial charge in [-0.2, -0.15) is 0 Å². The average molecular weight is 423 g/mol. The fourth-order valence-corrected chi connectivity index (χ4v) is 4.90. The van der Waals surface area contributed by atoms with E-state index in [9.17, 15) is 4.79 Å². The van der Waals surface area contributed by atoms with E-state index in [1.54, 1.807) is 14.2 Å². The van der Waals surface area contributed by atoms with Crippen LogP contribution in [0, 0.1) is 0 Å². The topological polar surface area (TPSA) is 51.1 Å². The van der Waals surface area contributed by atoms with Crippen LogP contribution < -0.4 is 9.47 Å². The molecular formula is C24H26N2O3S. The van der Waals surface area contributed by atoms with E-state index in [-0.39, 0.29) is 11.9 Å². The van der Waals surface area contributed by atoms with E-state index in [0.29, 0.717) is 4.91 Å². The summed E-state index contributed by atoms with van der Waals surface area (Å²) >= 11 is 1.46. The molecule has 156 valence electrons. The first kappa shape index (κ1) is 20.5. The lowest BCUT2D eigenvalue weighted by Gasteiger charge is -2.30. The quantitative estimate of drug-likeness (QED) is 0.585. The SMILES string of the molecule is COc1ccc(C=C2SC(=Nc3ccc(OC)cc3)N(C3CCCCC3)C2=O)cc1. The summed E-state index contributed by atoms with van der Waals surface area (Å²) in [6.45, 7) is 0. The molecule has 1 aliphatic carbocycles. The zero-order chi connectivity index (χ0) is 20.9. The van der Waals surface area contributed by atoms with Crippen molar-refractivity contribution in [1.29, 1.82) is 0 Å². The highest BCUT2D eigenvalue weighted by Crippen LogP contribution is 2.38. The number of carbonyl (C=O) groups excluding carboxylic acids is 1. The van der Waals surface area contributed by atoms with Gasteiger partial charge in [0.05, 0.1) is 24.8 Å². The first-order valence-electron chi connectivity index (χ1n) is 10.3. The third-order valence-corrected chi connectivity index (χ3v) is 6.47. The van der Waals surface area contributed by atoms with Crippen molar-refractivity contribution < 1.29 is 14.3 Å². The molecule has 1 aliphatic heterocycles. The molecule has 0 spiro atoms. The van der Waals surface area contributed by atoms with E-state index >= 15 is 0 Å². The Labute approximate surface area is 181 Å². The summed E-state index contributed by atoms with van der Waals surface area (Å²) < 4.78 is 10.5. The van der Waals surface area contributed by atoms with Crippen molar-refractivity contribution in [1.82, 2.24) is 4.90 Å². The number of aliphatic imine (C=N–C) groups is 1. The molecule has 6 heteroatoms. The Morgan fingerprint density at radius 2 is 1.53 bits per heavy atom. The Hall–Kier alpha value is -2.73. The second-order valence-corrected chi connectivity index (χ2v) is 8.45. The first-order chi connectivity index (χ1) is 14.7. The lowest BCUT2D eigenvalue weighted by Crippen LogP contribution is -2.40. The van der Waals surface area contributed by atoms with Crippen LogP contribution in [0.25, 0.3) is 6.08 Å². The Balaban J connectivity index is 1.65. The van der Waals surface area contributed by atoms with Gasteiger partial charge in [-0.05, 0) is 72.6 Å². The maximum atomic E-state index is 13.3. The van der Waals surface area contributed by atoms with Crippen molar-refractivity contribution in [2.75, 3.05) is 14.2 Å². The molecule has 4 rings (SSSR count). The number of thioether (sulfide) groups is 1. The number of hydrogen-bond donors (Lipinski definition) is 0. The summed E-state index contributed by atoms with van der Waals surface area (Å²) in [5, 5.41) is 0.761. The Morgan fingerprint density at radius 1 is 0.933 bits per heavy atom. The number of methoxy groups -OCH3 is 2. The van der Waals surface area contributed by atoms with Gasteiger partial charge in [-0.1, -0.05) is 31.4 Å². The van der Waals surface area contributed by atoms with Crippen LogP contribution in [0.3, 0.4) is 0 Å². The van der Waals surface area contributed by atoms with Gasteiger partial charge in [0, 0.05) is 6.04 Å². The van der Waals surface area contributed by atoms with Crippen molar-refractivity contribution >= 4 is 34.6 Å². The predicted molar refractivity (Wildman–Crippen MR) is 122 cm³/mol. The van der Waals surface area contributed by atoms with Crippen LogP contribution in [0.2, 0.25) is 0 Å². The zero-order valence-electron chi connectivity index (χ0n) is 17.3. The number of benzene rings is 2. The van der Waals surface area contributed by atoms with Crippen LogP contribution in [0.4, 0.5) is 5.69 Å². The second-order valence-electron chi connectivity index (χ2n) is 7.44. The smallest absolute Gasteiger partial charge is 0.267 e. The van der Waals surface area contributed by atoms with Crippen LogP contribution in [0.1, 0.15) is 37.7 Å². The standard InChI is InChI=1S/C24H26N2O3S/c1-28-20-12-8-17(9-13-20)16-22-23(27)26(19-6-4-3-5-7-19)24(30-22)25-18-10-14-21(29-2)15-11-18/h8-16,19H,3-7H2,1-2H3. The van der Waals surface area contributed by atoms with Gasteiger partial charge < -0.3 is 9.47 Å². The molecule has 1 amide bonds. The summed E-state index contributed by atoms with van der Waals surface area (Å²) in [5.41, 5.74) is 1.79. The summed E-state index contributed by atoms with van der Waals surface area (Å²) in [5.74, 6) is 1.64. The Morgan fingerprint density at radius 3 is 2.13 bits per heavy atom. The summed E-state index contributed by atoms with van der Waals surface area (Å²) in [6.07, 6.45) is 7.57. The highest BCUT2D eigenvalue weighted by molar-refractivity contribution is 8.18. The average Bonchev–Trinajstić information content (AvgIpc) is 3.10. The minimum absolute atomic E-state index is 0.0509. The predicted octanol–water partition coefficient (Wildman–Crippen LogP) is 5.64. The molecular weight excluding hydrogens is 396 g/mol. The van der Waals surface area contributed by atoms with Crippen LogP contribution in [-0.2, 0) is 4.79 Å². The van der Waals surface area contributed by atoms with Gasteiger partial charge in [0.1, 0.15) is 11.5 Å². The highest BCUT2D eigenvalue weighted by atomic mass is 32.2. The van der Waals surface area contributed by atoms with Gasteiger partial charge in [-0.15, -0.1) is 0 Å². The highest BCUT2D eigenvalue weighted by Gasteiger charge is 2.38. The van der Waals surface area contributed by atoms with Crippen molar-refractivity contribution in [2.24, 2.45) is 4.99 Å². The van der Waals surface area contributed by atoms with Crippen molar-refractivity contribution in [3.8, 4) is 11.5 Å². The van der Waals surface area contributed by atoms with Crippen LogP contribution >= 0.6 is 11.8 Å². The fourth-order valence-electron chi connectivity index (χ4n) is 3.84. The molecule has 2 aromatic rings. The molecule has 1 saturated carbocycles. The molecule has 2 aromatic carbocycles. The molecule has 2 fully saturated rings. The number of amidine groups is 1. The normalized spacial score (nSPS) is 20.2. The van der Waals surface area contributed by atoms with Crippen LogP contribution in [-0.4, -0.2) is 36.2 Å². The van der Waals surface area contributed by atoms with Gasteiger partial charge in [0.25, 0.3) is 5.91 Å². The van der Waals surface area contributed by atoms with Gasteiger partial charge in [0.15, 0.2) is 5.17 Å². The lowest BCUT2D eigenvalue weighted by atomic mass is 9.94. The van der Waals surface area contributed by atoms with E-state index in [1.807, 2.05) is 59.5 Å². The third kappa shape index (κ3) is 4.54. The molecule has 0 atom stereocenters. The number of amides is 1. The first-order valence-corrected chi connectivity index (χ1v) is 11.1. The van der Waals surface area contributed by atoms with Gasteiger partial charge >= 0.3 is 0 Å². The molecule has 0 N–H and O–H groups in total. The van der Waals surface area contributed by atoms with E-state index in [0.717, 1.165) is 53.6 Å². The number of ether oxygens (including phenoxy) is 2. The maximum Gasteiger partial charge on any atom is 0.267 e. The molecule has 5 nitrogen and oxygen atoms in total. The molecule has 1 saturated heterocycles. The van der Waals surface area contributed by atoms with E-state index < -0.39 is 0 Å². The molecule has 0 unspecified atom stereocenters. The maximum absolute atomic E-state index is 13.3. The molecule has 0 radical (unpaired) electrons. The van der Waals surface area contributed by atoms with E-state index in [4.69, 9.17) is 14.5 Å². The fraction of sp³-hybridized carbons (Fsp3) is 0.333. The van der Waals surface area contributed by atoms with Gasteiger partial charge in [0.2, 0.25) is 0 Å². The summed E-state index contributed by atoms with van der Waals surface area (Å²) in [7, 11) is 3.29. The monoisotopic (exact) mass is 422 g/mol. The molecule has 0 aromatic heterocycles. The van der Waals surface area contributed by atoms with E-state index in [2.05, 4.69) is 0 Å². The van der Waals surface area contributed by atoms with Crippen molar-refractivity contribution in [3.63, 3.8) is 0 Å². The summed E-state index contributed by atoms with van der Waals surface area (Å²) in [6, 6.07) is 15.6. The minimum atomic E-state index is 0.0509. The van der Waals surface area contributed by atoms with E-state index in [1.165, 1.54) is 18.2 Å². The van der Waals surface area contributed by atoms with Gasteiger partial charge in [-0.3, -0.25) is 9.69 Å². The lowest BCUT2D eigenvalue weighted by molar-refractivity contribution is -0.124. The molecule has 1 heterocycles. The molecule has 30 heavy (non-hydrogen) atoms. The Bertz CT molecular complexity index is 945. The van der Waals surface area contributed by atoms with Crippen LogP contribution in [0.5, 0.6) is 11.5 Å². The number of carbonyl (C=O) groups is 1. The van der Waals surface area contributed by atoms with Crippen molar-refractivity contribution in [3.05, 3.63) is 59.0 Å². The van der Waals surface area contributed by atoms with Gasteiger partial charge in [-0.25, -0.2) is 4.99 Å². The van der Waals surface area contributed by atoms with Crippen LogP contribution in [0.15, 0.2) is 58.4 Å². The largest absolute Gasteiger partial charge is 0.497 e. The third-order valence-electron chi connectivity index (χ3n) is 5.49. The number of rotatable bonds is 5. The Kier molecular flexibility index (Phi) is 6.43.